The molecule has 1 atom stereocenters. The Morgan fingerprint density at radius 2 is 2.12 bits per heavy atom. The minimum absolute atomic E-state index is 0.194. The normalized spacial score (nSPS) is 17.2. The summed E-state index contributed by atoms with van der Waals surface area (Å²) in [6.07, 6.45) is 2.90. The Bertz CT molecular complexity index is 524. The molecule has 1 heterocycles. The molecule has 0 spiro atoms. The van der Waals surface area contributed by atoms with Gasteiger partial charge in [-0.15, -0.1) is 0 Å². The van der Waals surface area contributed by atoms with Crippen LogP contribution in [-0.2, 0) is 6.54 Å². The van der Waals surface area contributed by atoms with Gasteiger partial charge in [-0.25, -0.2) is 0 Å². The predicted molar refractivity (Wildman–Crippen MR) is 106 cm³/mol. The monoisotopic (exact) mass is 384 g/mol. The first-order valence-corrected chi connectivity index (χ1v) is 10.6. The van der Waals surface area contributed by atoms with Gasteiger partial charge in [-0.05, 0) is 37.3 Å². The molecule has 0 saturated carbocycles. The van der Waals surface area contributed by atoms with Gasteiger partial charge in [0.05, 0.1) is 13.2 Å². The molecule has 0 amide bonds. The van der Waals surface area contributed by atoms with E-state index in [9.17, 15) is 10.2 Å². The summed E-state index contributed by atoms with van der Waals surface area (Å²) in [4.78, 5) is 2.18. The number of β-amino-alcohol motifs (C(OH)–C–C–N with tert-alkyl or cyclic N) is 1. The number of likely N-dealkylation sites (tertiary alicyclic amines) is 1. The van der Waals surface area contributed by atoms with E-state index in [-0.39, 0.29) is 12.7 Å². The number of hydrogen-bond acceptors (Lipinski definition) is 7. The van der Waals surface area contributed by atoms with E-state index in [1.165, 1.54) is 0 Å². The fourth-order valence-electron chi connectivity index (χ4n) is 3.00. The summed E-state index contributed by atoms with van der Waals surface area (Å²) in [7, 11) is 1.65. The fraction of sp³-hybridized carbons (Fsp3) is 0.684. The minimum atomic E-state index is -0.551. The van der Waals surface area contributed by atoms with E-state index in [1.54, 1.807) is 7.11 Å². The second-order valence-electron chi connectivity index (χ2n) is 6.64. The summed E-state index contributed by atoms with van der Waals surface area (Å²) >= 11 is 1.81. The van der Waals surface area contributed by atoms with Crippen LogP contribution >= 0.6 is 11.8 Å². The van der Waals surface area contributed by atoms with E-state index in [1.807, 2.05) is 30.0 Å². The molecule has 1 aliphatic rings. The van der Waals surface area contributed by atoms with Gasteiger partial charge >= 0.3 is 0 Å². The zero-order valence-corrected chi connectivity index (χ0v) is 16.6. The second-order valence-corrected chi connectivity index (χ2v) is 7.63. The molecule has 7 heteroatoms. The van der Waals surface area contributed by atoms with Gasteiger partial charge in [0.25, 0.3) is 0 Å². The van der Waals surface area contributed by atoms with Crippen LogP contribution in [0.3, 0.4) is 0 Å². The van der Waals surface area contributed by atoms with Crippen LogP contribution in [0.4, 0.5) is 0 Å². The van der Waals surface area contributed by atoms with Gasteiger partial charge in [-0.1, -0.05) is 0 Å². The molecule has 0 radical (unpaired) electrons. The number of methoxy groups -OCH3 is 1. The number of nitrogens with zero attached hydrogens (tertiary/aromatic N) is 1. The Morgan fingerprint density at radius 1 is 1.35 bits per heavy atom. The van der Waals surface area contributed by atoms with Gasteiger partial charge in [0, 0.05) is 44.0 Å². The number of thioether (sulfide) groups is 1. The molecule has 1 fully saturated rings. The highest BCUT2D eigenvalue weighted by atomic mass is 32.2. The number of ether oxygens (including phenoxy) is 2. The summed E-state index contributed by atoms with van der Waals surface area (Å²) in [5.41, 5.74) is 1.03. The van der Waals surface area contributed by atoms with Crippen molar-refractivity contribution in [3.8, 4) is 11.5 Å². The van der Waals surface area contributed by atoms with Crippen molar-refractivity contribution < 1.29 is 19.7 Å². The lowest BCUT2D eigenvalue weighted by Gasteiger charge is -2.31. The predicted octanol–water partition coefficient (Wildman–Crippen LogP) is 1.34. The fourth-order valence-corrected chi connectivity index (χ4v) is 3.35. The van der Waals surface area contributed by atoms with Gasteiger partial charge in [-0.3, -0.25) is 0 Å². The van der Waals surface area contributed by atoms with E-state index < -0.39 is 6.10 Å². The van der Waals surface area contributed by atoms with Crippen molar-refractivity contribution in [2.45, 2.75) is 31.6 Å². The highest BCUT2D eigenvalue weighted by molar-refractivity contribution is 7.98. The molecule has 1 aliphatic heterocycles. The van der Waals surface area contributed by atoms with Gasteiger partial charge in [-0.2, -0.15) is 11.8 Å². The van der Waals surface area contributed by atoms with E-state index in [4.69, 9.17) is 9.47 Å². The maximum Gasteiger partial charge on any atom is 0.124 e. The number of aliphatic hydroxyl groups excluding tert-OH is 2. The second kappa shape index (κ2) is 11.7. The van der Waals surface area contributed by atoms with Gasteiger partial charge in [0.15, 0.2) is 0 Å². The molecular weight excluding hydrogens is 352 g/mol. The summed E-state index contributed by atoms with van der Waals surface area (Å²) < 4.78 is 11.2. The summed E-state index contributed by atoms with van der Waals surface area (Å²) in [6.45, 7) is 4.11. The maximum absolute atomic E-state index is 10.3. The van der Waals surface area contributed by atoms with Crippen LogP contribution in [0.1, 0.15) is 18.4 Å². The molecule has 148 valence electrons. The molecule has 3 N–H and O–H groups in total. The smallest absolute Gasteiger partial charge is 0.124 e. The Morgan fingerprint density at radius 3 is 2.81 bits per heavy atom. The third-order valence-electron chi connectivity index (χ3n) is 4.52. The van der Waals surface area contributed by atoms with Crippen molar-refractivity contribution in [3.63, 3.8) is 0 Å². The summed E-state index contributed by atoms with van der Waals surface area (Å²) in [6, 6.07) is 5.74. The number of hydrogen-bond donors (Lipinski definition) is 3. The molecular formula is C19H32N2O4S. The number of benzene rings is 1. The van der Waals surface area contributed by atoms with Crippen LogP contribution in [0.25, 0.3) is 0 Å². The Hall–Kier alpha value is -0.990. The maximum atomic E-state index is 10.3. The van der Waals surface area contributed by atoms with Gasteiger partial charge < -0.3 is 29.9 Å². The quantitative estimate of drug-likeness (QED) is 0.497. The molecule has 2 rings (SSSR count). The van der Waals surface area contributed by atoms with Crippen LogP contribution in [0.2, 0.25) is 0 Å². The Labute approximate surface area is 160 Å². The molecule has 26 heavy (non-hydrogen) atoms. The van der Waals surface area contributed by atoms with Crippen LogP contribution in [0, 0.1) is 0 Å². The van der Waals surface area contributed by atoms with E-state index >= 15 is 0 Å². The minimum Gasteiger partial charge on any atom is -0.497 e. The van der Waals surface area contributed by atoms with Crippen LogP contribution in [-0.4, -0.2) is 79.2 Å². The van der Waals surface area contributed by atoms with Crippen molar-refractivity contribution in [1.29, 1.82) is 0 Å². The van der Waals surface area contributed by atoms with Gasteiger partial charge in [0.1, 0.15) is 24.2 Å². The lowest BCUT2D eigenvalue weighted by Crippen LogP contribution is -2.41. The van der Waals surface area contributed by atoms with E-state index in [0.29, 0.717) is 13.1 Å². The largest absolute Gasteiger partial charge is 0.497 e. The molecule has 0 bridgehead atoms. The highest BCUT2D eigenvalue weighted by Crippen LogP contribution is 2.24. The molecule has 1 saturated heterocycles. The van der Waals surface area contributed by atoms with Gasteiger partial charge in [0.2, 0.25) is 0 Å². The molecule has 0 aliphatic carbocycles. The van der Waals surface area contributed by atoms with E-state index in [0.717, 1.165) is 55.3 Å². The molecule has 1 aromatic carbocycles. The van der Waals surface area contributed by atoms with Crippen molar-refractivity contribution in [2.75, 3.05) is 51.9 Å². The van der Waals surface area contributed by atoms with Crippen molar-refractivity contribution in [2.24, 2.45) is 0 Å². The standard InChI is InChI=1S/C19H32N2O4S/c1-24-18-3-4-19(15(11-18)12-20-7-10-26-2)25-14-17(23)13-21-8-5-16(22)6-9-21/h3-4,11,16-17,20,22-23H,5-10,12-14H2,1-2H3/t17-/m0/s1. The zero-order valence-electron chi connectivity index (χ0n) is 15.8. The highest BCUT2D eigenvalue weighted by Gasteiger charge is 2.19. The molecule has 6 nitrogen and oxygen atoms in total. The Balaban J connectivity index is 1.84. The Kier molecular flexibility index (Phi) is 9.56. The average Bonchev–Trinajstić information content (AvgIpc) is 2.66. The number of nitrogens with one attached hydrogen (secondary N) is 1. The summed E-state index contributed by atoms with van der Waals surface area (Å²) in [5, 5.41) is 23.3. The van der Waals surface area contributed by atoms with Crippen LogP contribution in [0.15, 0.2) is 18.2 Å². The summed E-state index contributed by atoms with van der Waals surface area (Å²) in [5.74, 6) is 2.63. The SMILES string of the molecule is COc1ccc(OC[C@@H](O)CN2CCC(O)CC2)c(CNCCSC)c1. The third kappa shape index (κ3) is 7.32. The topological polar surface area (TPSA) is 74.2 Å². The lowest BCUT2D eigenvalue weighted by molar-refractivity contribution is 0.0336. The lowest BCUT2D eigenvalue weighted by atomic mass is 10.1. The van der Waals surface area contributed by atoms with Crippen molar-refractivity contribution in [3.05, 3.63) is 23.8 Å². The molecule has 0 unspecified atom stereocenters. The zero-order chi connectivity index (χ0) is 18.8. The first-order chi connectivity index (χ1) is 12.6. The van der Waals surface area contributed by atoms with Crippen LogP contribution in [0.5, 0.6) is 11.5 Å². The first-order valence-electron chi connectivity index (χ1n) is 9.20. The first kappa shape index (κ1) is 21.3. The molecule has 1 aromatic rings. The third-order valence-corrected chi connectivity index (χ3v) is 5.14. The van der Waals surface area contributed by atoms with Crippen molar-refractivity contribution >= 4 is 11.8 Å². The van der Waals surface area contributed by atoms with Crippen LogP contribution < -0.4 is 14.8 Å². The number of rotatable bonds is 11. The number of piperidine rings is 1. The average molecular weight is 385 g/mol. The van der Waals surface area contributed by atoms with Crippen molar-refractivity contribution in [1.82, 2.24) is 10.2 Å². The number of aliphatic hydroxyl groups is 2. The van der Waals surface area contributed by atoms with E-state index in [2.05, 4.69) is 16.5 Å². The molecule has 0 aromatic heterocycles.